The van der Waals surface area contributed by atoms with Crippen LogP contribution in [0.2, 0.25) is 0 Å². The number of hydrogen-bond acceptors (Lipinski definition) is 4. The van der Waals surface area contributed by atoms with E-state index in [2.05, 4.69) is 24.8 Å². The van der Waals surface area contributed by atoms with Gasteiger partial charge in [-0.15, -0.1) is 11.8 Å². The lowest BCUT2D eigenvalue weighted by atomic mass is 10.1. The van der Waals surface area contributed by atoms with E-state index < -0.39 is 0 Å². The van der Waals surface area contributed by atoms with E-state index in [0.717, 1.165) is 41.3 Å². The van der Waals surface area contributed by atoms with E-state index in [1.54, 1.807) is 11.8 Å². The molecule has 0 aliphatic heterocycles. The van der Waals surface area contributed by atoms with Crippen molar-refractivity contribution in [1.29, 1.82) is 5.26 Å². The molecule has 3 nitrogen and oxygen atoms in total. The molecule has 1 N–H and O–H groups in total. The molecule has 0 radical (unpaired) electrons. The number of anilines is 1. The third kappa shape index (κ3) is 4.45. The molecule has 0 amide bonds. The Morgan fingerprint density at radius 2 is 2.11 bits per heavy atom. The highest BCUT2D eigenvalue weighted by molar-refractivity contribution is 7.99. The molecule has 1 aromatic rings. The molecule has 0 saturated heterocycles. The van der Waals surface area contributed by atoms with E-state index >= 15 is 0 Å². The first-order valence-electron chi connectivity index (χ1n) is 6.80. The van der Waals surface area contributed by atoms with Crippen molar-refractivity contribution < 1.29 is 5.11 Å². The number of nitriles is 1. The van der Waals surface area contributed by atoms with Crippen LogP contribution in [0.25, 0.3) is 0 Å². The summed E-state index contributed by atoms with van der Waals surface area (Å²) in [5.74, 6) is 0.951. The van der Waals surface area contributed by atoms with Gasteiger partial charge in [-0.2, -0.15) is 5.26 Å². The summed E-state index contributed by atoms with van der Waals surface area (Å²) in [5, 5.41) is 18.6. The molecule has 1 aromatic carbocycles. The van der Waals surface area contributed by atoms with Gasteiger partial charge in [0.1, 0.15) is 6.07 Å². The SMILES string of the molecule is CCCCN(CCO)c1cccc(SCC)c1C#N. The fraction of sp³-hybridized carbons (Fsp3) is 0.533. The molecule has 0 saturated carbocycles. The maximum atomic E-state index is 9.42. The second kappa shape index (κ2) is 8.84. The summed E-state index contributed by atoms with van der Waals surface area (Å²) in [4.78, 5) is 3.14. The van der Waals surface area contributed by atoms with Crippen molar-refractivity contribution in [3.63, 3.8) is 0 Å². The van der Waals surface area contributed by atoms with Gasteiger partial charge in [-0.3, -0.25) is 0 Å². The van der Waals surface area contributed by atoms with Gasteiger partial charge in [0.15, 0.2) is 0 Å². The third-order valence-corrected chi connectivity index (χ3v) is 3.85. The highest BCUT2D eigenvalue weighted by Gasteiger charge is 2.13. The number of aliphatic hydroxyl groups is 1. The maximum Gasteiger partial charge on any atom is 0.103 e. The van der Waals surface area contributed by atoms with Crippen molar-refractivity contribution in [3.8, 4) is 6.07 Å². The standard InChI is InChI=1S/C15H22N2OS/c1-3-5-9-17(10-11-18)14-7-6-8-15(19-4-2)13(14)12-16/h6-8,18H,3-5,9-11H2,1-2H3. The molecule has 0 aliphatic carbocycles. The summed E-state index contributed by atoms with van der Waals surface area (Å²) in [7, 11) is 0. The Bertz CT molecular complexity index is 429. The van der Waals surface area contributed by atoms with Gasteiger partial charge < -0.3 is 10.0 Å². The first-order valence-corrected chi connectivity index (χ1v) is 7.78. The molecule has 0 atom stereocenters. The molecule has 104 valence electrons. The molecule has 1 rings (SSSR count). The van der Waals surface area contributed by atoms with Gasteiger partial charge >= 0.3 is 0 Å². The summed E-state index contributed by atoms with van der Waals surface area (Å²) in [5.41, 5.74) is 1.68. The molecule has 0 spiro atoms. The minimum Gasteiger partial charge on any atom is -0.395 e. The van der Waals surface area contributed by atoms with Crippen LogP contribution in [0.4, 0.5) is 5.69 Å². The lowest BCUT2D eigenvalue weighted by molar-refractivity contribution is 0.301. The Morgan fingerprint density at radius 1 is 1.32 bits per heavy atom. The first-order chi connectivity index (χ1) is 9.28. The average Bonchev–Trinajstić information content (AvgIpc) is 2.43. The predicted molar refractivity (Wildman–Crippen MR) is 81.8 cm³/mol. The third-order valence-electron chi connectivity index (χ3n) is 2.91. The average molecular weight is 278 g/mol. The molecule has 19 heavy (non-hydrogen) atoms. The predicted octanol–water partition coefficient (Wildman–Crippen LogP) is 3.27. The largest absolute Gasteiger partial charge is 0.395 e. The fourth-order valence-corrected chi connectivity index (χ4v) is 2.77. The van der Waals surface area contributed by atoms with Crippen LogP contribution in [-0.4, -0.2) is 30.6 Å². The van der Waals surface area contributed by atoms with Crippen LogP contribution in [0.5, 0.6) is 0 Å². The fourth-order valence-electron chi connectivity index (χ4n) is 1.99. The Hall–Kier alpha value is -1.18. The Kier molecular flexibility index (Phi) is 7.39. The van der Waals surface area contributed by atoms with Crippen molar-refractivity contribution in [1.82, 2.24) is 0 Å². The summed E-state index contributed by atoms with van der Waals surface area (Å²) >= 11 is 1.69. The minimum atomic E-state index is 0.111. The highest BCUT2D eigenvalue weighted by atomic mass is 32.2. The summed E-state index contributed by atoms with van der Waals surface area (Å²) in [6.07, 6.45) is 2.17. The van der Waals surface area contributed by atoms with Crippen molar-refractivity contribution in [3.05, 3.63) is 23.8 Å². The van der Waals surface area contributed by atoms with Gasteiger partial charge in [-0.25, -0.2) is 0 Å². The molecule has 0 aliphatic rings. The van der Waals surface area contributed by atoms with E-state index in [-0.39, 0.29) is 6.61 Å². The zero-order valence-electron chi connectivity index (χ0n) is 11.7. The quantitative estimate of drug-likeness (QED) is 0.741. The van der Waals surface area contributed by atoms with Gasteiger partial charge in [0.2, 0.25) is 0 Å². The number of hydrogen-bond donors (Lipinski definition) is 1. The van der Waals surface area contributed by atoms with Crippen LogP contribution in [0.15, 0.2) is 23.1 Å². The van der Waals surface area contributed by atoms with E-state index in [1.807, 2.05) is 18.2 Å². The van der Waals surface area contributed by atoms with Crippen molar-refractivity contribution in [2.75, 3.05) is 30.3 Å². The van der Waals surface area contributed by atoms with Crippen LogP contribution in [0, 0.1) is 11.3 Å². The highest BCUT2D eigenvalue weighted by Crippen LogP contribution is 2.30. The number of nitrogens with zero attached hydrogens (tertiary/aromatic N) is 2. The van der Waals surface area contributed by atoms with Crippen molar-refractivity contribution in [2.45, 2.75) is 31.6 Å². The zero-order valence-corrected chi connectivity index (χ0v) is 12.5. The van der Waals surface area contributed by atoms with E-state index in [1.165, 1.54) is 0 Å². The van der Waals surface area contributed by atoms with E-state index in [0.29, 0.717) is 6.54 Å². The van der Waals surface area contributed by atoms with E-state index in [4.69, 9.17) is 0 Å². The number of thioether (sulfide) groups is 1. The van der Waals surface area contributed by atoms with E-state index in [9.17, 15) is 10.4 Å². The van der Waals surface area contributed by atoms with Crippen LogP contribution in [-0.2, 0) is 0 Å². The number of rotatable bonds is 8. The Labute approximate surface area is 120 Å². The van der Waals surface area contributed by atoms with Gasteiger partial charge in [-0.1, -0.05) is 26.3 Å². The van der Waals surface area contributed by atoms with Crippen LogP contribution in [0.3, 0.4) is 0 Å². The number of unbranched alkanes of at least 4 members (excludes halogenated alkanes) is 1. The monoisotopic (exact) mass is 278 g/mol. The zero-order chi connectivity index (χ0) is 14.1. The molecular formula is C15H22N2OS. The first kappa shape index (κ1) is 15.9. The van der Waals surface area contributed by atoms with Crippen LogP contribution < -0.4 is 4.90 Å². The van der Waals surface area contributed by atoms with Gasteiger partial charge in [0.05, 0.1) is 17.9 Å². The van der Waals surface area contributed by atoms with Gasteiger partial charge in [0, 0.05) is 18.0 Å². The smallest absolute Gasteiger partial charge is 0.103 e. The second-order valence-corrected chi connectivity index (χ2v) is 5.57. The molecule has 0 heterocycles. The number of benzene rings is 1. The Morgan fingerprint density at radius 3 is 2.68 bits per heavy atom. The van der Waals surface area contributed by atoms with Gasteiger partial charge in [-0.05, 0) is 24.3 Å². The second-order valence-electron chi connectivity index (χ2n) is 4.26. The topological polar surface area (TPSA) is 47.3 Å². The van der Waals surface area contributed by atoms with Gasteiger partial charge in [0.25, 0.3) is 0 Å². The number of aliphatic hydroxyl groups excluding tert-OH is 1. The van der Waals surface area contributed by atoms with Crippen molar-refractivity contribution >= 4 is 17.4 Å². The van der Waals surface area contributed by atoms with Crippen LogP contribution in [0.1, 0.15) is 32.3 Å². The van der Waals surface area contributed by atoms with Crippen LogP contribution >= 0.6 is 11.8 Å². The normalized spacial score (nSPS) is 10.2. The summed E-state index contributed by atoms with van der Waals surface area (Å²) < 4.78 is 0. The molecule has 4 heteroatoms. The Balaban J connectivity index is 3.07. The lowest BCUT2D eigenvalue weighted by Crippen LogP contribution is -2.28. The minimum absolute atomic E-state index is 0.111. The lowest BCUT2D eigenvalue weighted by Gasteiger charge is -2.25. The molecule has 0 unspecified atom stereocenters. The molecule has 0 aromatic heterocycles. The molecule has 0 bridgehead atoms. The summed E-state index contributed by atoms with van der Waals surface area (Å²) in [6.45, 7) is 5.80. The molecule has 0 fully saturated rings. The molecular weight excluding hydrogens is 256 g/mol. The van der Waals surface area contributed by atoms with Crippen molar-refractivity contribution in [2.24, 2.45) is 0 Å². The summed E-state index contributed by atoms with van der Waals surface area (Å²) in [6, 6.07) is 8.28. The maximum absolute atomic E-state index is 9.42.